The summed E-state index contributed by atoms with van der Waals surface area (Å²) in [5, 5.41) is 4.24. The monoisotopic (exact) mass is 263 g/mol. The lowest BCUT2D eigenvalue weighted by molar-refractivity contribution is 0.516. The molecule has 1 aliphatic carbocycles. The summed E-state index contributed by atoms with van der Waals surface area (Å²) >= 11 is 2.10. The van der Waals surface area contributed by atoms with Gasteiger partial charge >= 0.3 is 0 Å². The number of hydrogen-bond donors (Lipinski definition) is 1. The maximum absolute atomic E-state index is 3.39. The van der Waals surface area contributed by atoms with Gasteiger partial charge in [-0.25, -0.2) is 0 Å². The molecule has 1 aromatic rings. The molecule has 0 atom stereocenters. The molecule has 0 saturated heterocycles. The molecule has 0 radical (unpaired) electrons. The molecule has 1 fully saturated rings. The lowest BCUT2D eigenvalue weighted by atomic mass is 10.0. The van der Waals surface area contributed by atoms with E-state index in [-0.39, 0.29) is 0 Å². The fraction of sp³-hybridized carbons (Fsp3) is 0.625. The van der Waals surface area contributed by atoms with Crippen molar-refractivity contribution in [3.05, 3.63) is 29.3 Å². The molecule has 0 bridgehead atoms. The van der Waals surface area contributed by atoms with Gasteiger partial charge in [-0.3, -0.25) is 0 Å². The van der Waals surface area contributed by atoms with Crippen LogP contribution < -0.4 is 5.32 Å². The first kappa shape index (κ1) is 14.0. The predicted molar refractivity (Wildman–Crippen MR) is 81.3 cm³/mol. The summed E-state index contributed by atoms with van der Waals surface area (Å²) in [5.41, 5.74) is 2.85. The Bertz CT molecular complexity index is 369. The van der Waals surface area contributed by atoms with E-state index >= 15 is 0 Å². The summed E-state index contributed by atoms with van der Waals surface area (Å²) in [6.07, 6.45) is 7.11. The third-order valence-electron chi connectivity index (χ3n) is 3.66. The van der Waals surface area contributed by atoms with Gasteiger partial charge < -0.3 is 5.32 Å². The fourth-order valence-corrected chi connectivity index (χ4v) is 3.91. The largest absolute Gasteiger partial charge is 0.313 e. The average molecular weight is 263 g/mol. The van der Waals surface area contributed by atoms with E-state index in [1.807, 2.05) is 0 Å². The molecule has 2 rings (SSSR count). The normalized spacial score (nSPS) is 17.0. The zero-order chi connectivity index (χ0) is 12.8. The molecule has 18 heavy (non-hydrogen) atoms. The lowest BCUT2D eigenvalue weighted by Gasteiger charge is -2.22. The van der Waals surface area contributed by atoms with Crippen LogP contribution in [0.5, 0.6) is 0 Å². The first-order valence-corrected chi connectivity index (χ1v) is 8.14. The number of thioether (sulfide) groups is 1. The summed E-state index contributed by atoms with van der Waals surface area (Å²) in [6, 6.07) is 6.94. The molecule has 1 aliphatic rings. The van der Waals surface area contributed by atoms with Crippen molar-refractivity contribution in [3.8, 4) is 0 Å². The first-order chi connectivity index (χ1) is 8.79. The van der Waals surface area contributed by atoms with Crippen LogP contribution in [-0.4, -0.2) is 11.8 Å². The van der Waals surface area contributed by atoms with Gasteiger partial charge in [0.2, 0.25) is 0 Å². The van der Waals surface area contributed by atoms with E-state index in [0.717, 1.165) is 18.3 Å². The number of nitrogens with one attached hydrogen (secondary N) is 1. The van der Waals surface area contributed by atoms with Gasteiger partial charge in [-0.1, -0.05) is 38.3 Å². The minimum absolute atomic E-state index is 0.858. The molecular formula is C16H25NS. The lowest BCUT2D eigenvalue weighted by Crippen LogP contribution is -2.12. The summed E-state index contributed by atoms with van der Waals surface area (Å²) in [6.45, 7) is 6.43. The van der Waals surface area contributed by atoms with E-state index in [1.165, 1.54) is 48.1 Å². The van der Waals surface area contributed by atoms with Crippen molar-refractivity contribution in [2.45, 2.75) is 62.6 Å². The Morgan fingerprint density at radius 3 is 2.67 bits per heavy atom. The van der Waals surface area contributed by atoms with Crippen LogP contribution in [0.3, 0.4) is 0 Å². The highest BCUT2D eigenvalue weighted by Crippen LogP contribution is 2.35. The molecule has 1 aromatic carbocycles. The molecule has 0 spiro atoms. The average Bonchev–Trinajstić information content (AvgIpc) is 2.40. The van der Waals surface area contributed by atoms with Crippen molar-refractivity contribution in [2.75, 3.05) is 6.54 Å². The Morgan fingerprint density at radius 1 is 1.22 bits per heavy atom. The molecule has 1 saturated carbocycles. The van der Waals surface area contributed by atoms with Gasteiger partial charge in [-0.15, -0.1) is 11.8 Å². The second-order valence-electron chi connectivity index (χ2n) is 5.26. The first-order valence-electron chi connectivity index (χ1n) is 7.26. The van der Waals surface area contributed by atoms with Crippen molar-refractivity contribution in [1.82, 2.24) is 5.32 Å². The molecule has 0 heterocycles. The van der Waals surface area contributed by atoms with Crippen LogP contribution in [0, 0.1) is 6.92 Å². The predicted octanol–water partition coefficient (Wildman–Crippen LogP) is 4.53. The molecule has 0 unspecified atom stereocenters. The van der Waals surface area contributed by atoms with E-state index in [0.29, 0.717) is 0 Å². The number of rotatable bonds is 5. The number of benzene rings is 1. The third kappa shape index (κ3) is 4.03. The third-order valence-corrected chi connectivity index (χ3v) is 5.18. The zero-order valence-electron chi connectivity index (χ0n) is 11.7. The van der Waals surface area contributed by atoms with Gasteiger partial charge in [0.1, 0.15) is 0 Å². The molecule has 2 heteroatoms. The number of hydrogen-bond acceptors (Lipinski definition) is 2. The minimum atomic E-state index is 0.858. The van der Waals surface area contributed by atoms with Crippen LogP contribution in [0.25, 0.3) is 0 Å². The van der Waals surface area contributed by atoms with E-state index in [1.54, 1.807) is 0 Å². The van der Waals surface area contributed by atoms with E-state index in [4.69, 9.17) is 0 Å². The standard InChI is InChI=1S/C16H25NS/c1-3-17-12-14-9-10-16(13(2)11-14)18-15-7-5-4-6-8-15/h9-11,15,17H,3-8,12H2,1-2H3. The van der Waals surface area contributed by atoms with Crippen LogP contribution >= 0.6 is 11.8 Å². The quantitative estimate of drug-likeness (QED) is 0.837. The molecule has 1 nitrogen and oxygen atoms in total. The Labute approximate surface area is 116 Å². The summed E-state index contributed by atoms with van der Waals surface area (Å²) in [5.74, 6) is 0. The van der Waals surface area contributed by atoms with Crippen molar-refractivity contribution in [1.29, 1.82) is 0 Å². The summed E-state index contributed by atoms with van der Waals surface area (Å²) < 4.78 is 0. The van der Waals surface area contributed by atoms with Gasteiger partial charge in [0.15, 0.2) is 0 Å². The topological polar surface area (TPSA) is 12.0 Å². The molecule has 100 valence electrons. The highest BCUT2D eigenvalue weighted by molar-refractivity contribution is 8.00. The highest BCUT2D eigenvalue weighted by Gasteiger charge is 2.15. The van der Waals surface area contributed by atoms with Crippen LogP contribution in [0.4, 0.5) is 0 Å². The SMILES string of the molecule is CCNCc1ccc(SC2CCCCC2)c(C)c1. The second kappa shape index (κ2) is 7.20. The summed E-state index contributed by atoms with van der Waals surface area (Å²) in [7, 11) is 0. The zero-order valence-corrected chi connectivity index (χ0v) is 12.5. The van der Waals surface area contributed by atoms with E-state index in [2.05, 4.69) is 49.1 Å². The van der Waals surface area contributed by atoms with Gasteiger partial charge in [0, 0.05) is 16.7 Å². The van der Waals surface area contributed by atoms with E-state index in [9.17, 15) is 0 Å². The maximum Gasteiger partial charge on any atom is 0.0205 e. The van der Waals surface area contributed by atoms with Crippen LogP contribution in [-0.2, 0) is 6.54 Å². The molecule has 0 aliphatic heterocycles. The van der Waals surface area contributed by atoms with Gasteiger partial charge in [-0.2, -0.15) is 0 Å². The van der Waals surface area contributed by atoms with Crippen molar-refractivity contribution < 1.29 is 0 Å². The Balaban J connectivity index is 1.95. The van der Waals surface area contributed by atoms with Crippen LogP contribution in [0.15, 0.2) is 23.1 Å². The van der Waals surface area contributed by atoms with E-state index < -0.39 is 0 Å². The Hall–Kier alpha value is -0.470. The molecule has 1 N–H and O–H groups in total. The molecule has 0 aromatic heterocycles. The Kier molecular flexibility index (Phi) is 5.58. The summed E-state index contributed by atoms with van der Waals surface area (Å²) in [4.78, 5) is 1.49. The van der Waals surface area contributed by atoms with Crippen LogP contribution in [0.2, 0.25) is 0 Å². The molecular weight excluding hydrogens is 238 g/mol. The second-order valence-corrected chi connectivity index (χ2v) is 6.60. The molecule has 0 amide bonds. The minimum Gasteiger partial charge on any atom is -0.313 e. The highest BCUT2D eigenvalue weighted by atomic mass is 32.2. The van der Waals surface area contributed by atoms with Gasteiger partial charge in [0.05, 0.1) is 0 Å². The van der Waals surface area contributed by atoms with Crippen LogP contribution in [0.1, 0.15) is 50.2 Å². The van der Waals surface area contributed by atoms with Gasteiger partial charge in [-0.05, 0) is 43.5 Å². The maximum atomic E-state index is 3.39. The Morgan fingerprint density at radius 2 is 2.00 bits per heavy atom. The fourth-order valence-electron chi connectivity index (χ4n) is 2.59. The number of aryl methyl sites for hydroxylation is 1. The smallest absolute Gasteiger partial charge is 0.0205 e. The van der Waals surface area contributed by atoms with Crippen molar-refractivity contribution in [3.63, 3.8) is 0 Å². The van der Waals surface area contributed by atoms with Crippen molar-refractivity contribution >= 4 is 11.8 Å². The van der Waals surface area contributed by atoms with Gasteiger partial charge in [0.25, 0.3) is 0 Å². The van der Waals surface area contributed by atoms with Crippen molar-refractivity contribution in [2.24, 2.45) is 0 Å².